The molecule has 0 spiro atoms. The average Bonchev–Trinajstić information content (AvgIpc) is 2.98. The smallest absolute Gasteiger partial charge is 0.245 e. The van der Waals surface area contributed by atoms with E-state index in [4.69, 9.17) is 15.2 Å². The fourth-order valence-corrected chi connectivity index (χ4v) is 5.99. The summed E-state index contributed by atoms with van der Waals surface area (Å²) in [5.74, 6) is -2.26. The van der Waals surface area contributed by atoms with E-state index in [-0.39, 0.29) is 53.9 Å². The molecule has 5 amide bonds. The fourth-order valence-electron chi connectivity index (χ4n) is 5.99. The third kappa shape index (κ3) is 13.7. The highest BCUT2D eigenvalue weighted by atomic mass is 16.5. The molecule has 7 atom stereocenters. The largest absolute Gasteiger partial charge is 0.381 e. The zero-order valence-corrected chi connectivity index (χ0v) is 31.8. The molecule has 12 nitrogen and oxygen atoms in total. The molecule has 0 saturated heterocycles. The van der Waals surface area contributed by atoms with Crippen LogP contribution in [0.4, 0.5) is 0 Å². The van der Waals surface area contributed by atoms with Crippen molar-refractivity contribution in [3.63, 3.8) is 0 Å². The minimum atomic E-state index is -0.849. The summed E-state index contributed by atoms with van der Waals surface area (Å²) in [6, 6.07) is -2.04. The van der Waals surface area contributed by atoms with Crippen molar-refractivity contribution in [3.8, 4) is 0 Å². The van der Waals surface area contributed by atoms with Crippen LogP contribution < -0.4 is 16.4 Å². The van der Waals surface area contributed by atoms with Crippen LogP contribution >= 0.6 is 0 Å². The Kier molecular flexibility index (Phi) is 19.4. The minimum absolute atomic E-state index is 0.0117. The van der Waals surface area contributed by atoms with Crippen LogP contribution in [-0.2, 0) is 33.4 Å². The Labute approximate surface area is 284 Å². The molecule has 4 N–H and O–H groups in total. The molecule has 274 valence electrons. The number of nitrogens with zero attached hydrogens (tertiary/aromatic N) is 2. The number of amides is 5. The number of hydrogen-bond donors (Lipinski definition) is 3. The molecule has 0 fully saturated rings. The van der Waals surface area contributed by atoms with Crippen molar-refractivity contribution >= 4 is 29.5 Å². The maximum atomic E-state index is 14.1. The zero-order valence-electron chi connectivity index (χ0n) is 31.8. The minimum Gasteiger partial charge on any atom is -0.381 e. The van der Waals surface area contributed by atoms with Gasteiger partial charge in [-0.2, -0.15) is 0 Å². The quantitative estimate of drug-likeness (QED) is 0.158. The number of methoxy groups -OCH3 is 2. The number of nitrogens with one attached hydrogen (secondary N) is 2. The molecule has 0 saturated carbocycles. The second kappa shape index (κ2) is 20.6. The van der Waals surface area contributed by atoms with E-state index >= 15 is 0 Å². The standard InChI is InChI=1S/C35H67N5O7/c1-15-23(6)30(26(47-14)20-27(41)37-19-17-16-18-25(46-13)24(7)31(36)42)39(11)33(44)28(21(2)3)38-32(43)29(22(4)5)40(12)34(45)35(8,9)10/h21-26,28-30H,15-20H2,1-14H3,(H2,36,42)(H,37,41)(H,38,43)/t23-,24+,25-,26+,28-,29-,30-/m0/s1. The molecular weight excluding hydrogens is 602 g/mol. The number of nitrogens with two attached hydrogens (primary N) is 1. The van der Waals surface area contributed by atoms with Crippen molar-refractivity contribution in [1.82, 2.24) is 20.4 Å². The molecule has 0 aromatic carbocycles. The molecule has 47 heavy (non-hydrogen) atoms. The molecule has 0 bridgehead atoms. The lowest BCUT2D eigenvalue weighted by molar-refractivity contribution is -0.149. The van der Waals surface area contributed by atoms with E-state index in [0.29, 0.717) is 19.4 Å². The van der Waals surface area contributed by atoms with E-state index in [9.17, 15) is 24.0 Å². The van der Waals surface area contributed by atoms with Crippen molar-refractivity contribution < 1.29 is 33.4 Å². The van der Waals surface area contributed by atoms with Gasteiger partial charge in [0.05, 0.1) is 30.6 Å². The second-order valence-electron chi connectivity index (χ2n) is 14.7. The maximum Gasteiger partial charge on any atom is 0.245 e. The third-order valence-electron chi connectivity index (χ3n) is 9.15. The average molecular weight is 670 g/mol. The van der Waals surface area contributed by atoms with Gasteiger partial charge in [0.1, 0.15) is 12.1 Å². The van der Waals surface area contributed by atoms with Gasteiger partial charge in [-0.3, -0.25) is 24.0 Å². The van der Waals surface area contributed by atoms with E-state index in [1.54, 1.807) is 33.0 Å². The van der Waals surface area contributed by atoms with Crippen molar-refractivity contribution in [2.45, 2.75) is 132 Å². The molecule has 0 rings (SSSR count). The predicted molar refractivity (Wildman–Crippen MR) is 185 cm³/mol. The van der Waals surface area contributed by atoms with Gasteiger partial charge >= 0.3 is 0 Å². The number of primary amides is 1. The highest BCUT2D eigenvalue weighted by Crippen LogP contribution is 2.25. The lowest BCUT2D eigenvalue weighted by atomic mass is 9.89. The van der Waals surface area contributed by atoms with E-state index in [2.05, 4.69) is 10.6 Å². The molecule has 0 aliphatic rings. The highest BCUT2D eigenvalue weighted by molar-refractivity contribution is 5.93. The van der Waals surface area contributed by atoms with Crippen molar-refractivity contribution in [2.75, 3.05) is 34.9 Å². The van der Waals surface area contributed by atoms with Crippen molar-refractivity contribution in [3.05, 3.63) is 0 Å². The number of carbonyl (C=O) groups excluding carboxylic acids is 5. The van der Waals surface area contributed by atoms with E-state index in [0.717, 1.165) is 12.8 Å². The molecule has 0 radical (unpaired) electrons. The molecule has 0 aliphatic heterocycles. The molecular formula is C35H67N5O7. The van der Waals surface area contributed by atoms with Gasteiger partial charge < -0.3 is 35.6 Å². The molecule has 0 aliphatic carbocycles. The van der Waals surface area contributed by atoms with Gasteiger partial charge in [0, 0.05) is 40.3 Å². The SMILES string of the molecule is CC[C@H](C)[C@@H]([C@@H](CC(=O)NCCCC[C@H](OC)[C@@H](C)C(N)=O)OC)N(C)C(=O)[C@@H](NC(=O)[C@H](C(C)C)N(C)C(=O)C(C)(C)C)C(C)C. The highest BCUT2D eigenvalue weighted by Gasteiger charge is 2.40. The first-order valence-electron chi connectivity index (χ1n) is 17.1. The topological polar surface area (TPSA) is 160 Å². The van der Waals surface area contributed by atoms with Crippen LogP contribution in [0.3, 0.4) is 0 Å². The van der Waals surface area contributed by atoms with Gasteiger partial charge in [0.2, 0.25) is 29.5 Å². The van der Waals surface area contributed by atoms with E-state index in [1.165, 1.54) is 12.0 Å². The summed E-state index contributed by atoms with van der Waals surface area (Å²) in [4.78, 5) is 68.4. The number of carbonyl (C=O) groups is 5. The lowest BCUT2D eigenvalue weighted by Crippen LogP contribution is -2.60. The van der Waals surface area contributed by atoms with Crippen LogP contribution in [0.5, 0.6) is 0 Å². The number of ether oxygens (including phenoxy) is 2. The molecule has 0 aromatic heterocycles. The first kappa shape index (κ1) is 44.3. The summed E-state index contributed by atoms with van der Waals surface area (Å²) in [6.07, 6.45) is 2.03. The summed E-state index contributed by atoms with van der Waals surface area (Å²) in [5, 5.41) is 5.91. The van der Waals surface area contributed by atoms with Gasteiger partial charge in [-0.25, -0.2) is 0 Å². The molecule has 0 aromatic rings. The van der Waals surface area contributed by atoms with Crippen LogP contribution in [0.2, 0.25) is 0 Å². The summed E-state index contributed by atoms with van der Waals surface area (Å²) < 4.78 is 11.2. The Bertz CT molecular complexity index is 1010. The van der Waals surface area contributed by atoms with Crippen molar-refractivity contribution in [1.29, 1.82) is 0 Å². The third-order valence-corrected chi connectivity index (χ3v) is 9.15. The Balaban J connectivity index is 5.75. The normalized spacial score (nSPS) is 16.4. The van der Waals surface area contributed by atoms with Crippen LogP contribution in [0, 0.1) is 29.1 Å². The summed E-state index contributed by atoms with van der Waals surface area (Å²) >= 11 is 0. The summed E-state index contributed by atoms with van der Waals surface area (Å²) in [5.41, 5.74) is 4.73. The van der Waals surface area contributed by atoms with Gasteiger partial charge in [-0.15, -0.1) is 0 Å². The van der Waals surface area contributed by atoms with Crippen LogP contribution in [0.15, 0.2) is 0 Å². The number of hydrogen-bond acceptors (Lipinski definition) is 7. The van der Waals surface area contributed by atoms with Crippen molar-refractivity contribution in [2.24, 2.45) is 34.8 Å². The second-order valence-corrected chi connectivity index (χ2v) is 14.7. The molecule has 12 heteroatoms. The van der Waals surface area contributed by atoms with Gasteiger partial charge in [-0.05, 0) is 37.0 Å². The van der Waals surface area contributed by atoms with Gasteiger partial charge in [0.25, 0.3) is 0 Å². The zero-order chi connectivity index (χ0) is 36.8. The Morgan fingerprint density at radius 2 is 1.38 bits per heavy atom. The van der Waals surface area contributed by atoms with E-state index in [1.807, 2.05) is 62.3 Å². The number of likely N-dealkylation sites (N-methyl/N-ethyl adjacent to an activating group) is 2. The Morgan fingerprint density at radius 3 is 1.81 bits per heavy atom. The number of unbranched alkanes of at least 4 members (excludes halogenated alkanes) is 1. The van der Waals surface area contributed by atoms with Crippen LogP contribution in [0.1, 0.15) is 101 Å². The number of rotatable bonds is 21. The molecule has 0 heterocycles. The fraction of sp³-hybridized carbons (Fsp3) is 0.857. The predicted octanol–water partition coefficient (Wildman–Crippen LogP) is 3.36. The first-order chi connectivity index (χ1) is 21.7. The molecule has 0 unspecified atom stereocenters. The van der Waals surface area contributed by atoms with Crippen LogP contribution in [-0.4, -0.2) is 105 Å². The van der Waals surface area contributed by atoms with E-state index < -0.39 is 41.5 Å². The summed E-state index contributed by atoms with van der Waals surface area (Å²) in [6.45, 7) is 19.2. The van der Waals surface area contributed by atoms with Gasteiger partial charge in [0.15, 0.2) is 0 Å². The monoisotopic (exact) mass is 670 g/mol. The first-order valence-corrected chi connectivity index (χ1v) is 17.1. The van der Waals surface area contributed by atoms with Crippen LogP contribution in [0.25, 0.3) is 0 Å². The van der Waals surface area contributed by atoms with Gasteiger partial charge in [-0.1, -0.05) is 75.7 Å². The Hall–Kier alpha value is -2.73. The summed E-state index contributed by atoms with van der Waals surface area (Å²) in [7, 11) is 6.41. The lowest BCUT2D eigenvalue weighted by Gasteiger charge is -2.40. The maximum absolute atomic E-state index is 14.1. The Morgan fingerprint density at radius 1 is 0.830 bits per heavy atom.